The lowest BCUT2D eigenvalue weighted by Gasteiger charge is -2.32. The van der Waals surface area contributed by atoms with Crippen molar-refractivity contribution in [1.29, 1.82) is 0 Å². The van der Waals surface area contributed by atoms with Gasteiger partial charge in [-0.1, -0.05) is 18.2 Å². The van der Waals surface area contributed by atoms with Gasteiger partial charge >= 0.3 is 0 Å². The maximum atomic E-state index is 14.7. The first-order valence-electron chi connectivity index (χ1n) is 11.0. The molecule has 33 heavy (non-hydrogen) atoms. The zero-order valence-electron chi connectivity index (χ0n) is 18.2. The maximum Gasteiger partial charge on any atom is 0.266 e. The molecule has 174 valence electrons. The summed E-state index contributed by atoms with van der Waals surface area (Å²) in [6.45, 7) is 3.96. The Morgan fingerprint density at radius 2 is 1.97 bits per heavy atom. The second-order valence-electron chi connectivity index (χ2n) is 8.58. The van der Waals surface area contributed by atoms with Gasteiger partial charge in [0.1, 0.15) is 23.6 Å². The van der Waals surface area contributed by atoms with Crippen LogP contribution in [0.3, 0.4) is 0 Å². The molecule has 6 nitrogen and oxygen atoms in total. The Labute approximate surface area is 188 Å². The quantitative estimate of drug-likeness (QED) is 0.539. The minimum Gasteiger partial charge on any atom is -0.489 e. The van der Waals surface area contributed by atoms with Gasteiger partial charge in [-0.2, -0.15) is 0 Å². The van der Waals surface area contributed by atoms with Crippen LogP contribution in [0.1, 0.15) is 54.7 Å². The van der Waals surface area contributed by atoms with E-state index in [1.807, 2.05) is 0 Å². The lowest BCUT2D eigenvalue weighted by atomic mass is 9.92. The summed E-state index contributed by atoms with van der Waals surface area (Å²) in [5.74, 6) is 1.26. The number of hydrogen-bond donors (Lipinski definition) is 2. The van der Waals surface area contributed by atoms with E-state index in [0.717, 1.165) is 11.6 Å². The van der Waals surface area contributed by atoms with Crippen LogP contribution in [0.15, 0.2) is 24.3 Å². The molecule has 2 aromatic carbocycles. The molecular weight excluding hydrogens is 435 g/mol. The van der Waals surface area contributed by atoms with Crippen molar-refractivity contribution in [3.8, 4) is 11.5 Å². The molecule has 1 fully saturated rings. The van der Waals surface area contributed by atoms with Crippen LogP contribution in [-0.2, 0) is 6.42 Å². The molecule has 0 bridgehead atoms. The second-order valence-corrected chi connectivity index (χ2v) is 8.58. The van der Waals surface area contributed by atoms with Gasteiger partial charge in [0.25, 0.3) is 6.43 Å². The fourth-order valence-corrected chi connectivity index (χ4v) is 4.41. The van der Waals surface area contributed by atoms with Gasteiger partial charge in [-0.05, 0) is 19.9 Å². The number of aryl methyl sites for hydroxylation is 1. The molecule has 0 unspecified atom stereocenters. The van der Waals surface area contributed by atoms with Gasteiger partial charge in [0, 0.05) is 35.8 Å². The summed E-state index contributed by atoms with van der Waals surface area (Å²) in [5.41, 5.74) is 1.13. The van der Waals surface area contributed by atoms with Crippen molar-refractivity contribution in [2.45, 2.75) is 57.8 Å². The van der Waals surface area contributed by atoms with Crippen LogP contribution >= 0.6 is 0 Å². The Morgan fingerprint density at radius 1 is 1.21 bits per heavy atom. The van der Waals surface area contributed by atoms with E-state index in [-0.39, 0.29) is 17.8 Å². The molecule has 2 aliphatic rings. The Kier molecular flexibility index (Phi) is 5.52. The number of benzene rings is 2. The molecule has 1 aliphatic carbocycles. The number of fused-ring (bicyclic) bond motifs is 3. The highest BCUT2D eigenvalue weighted by Gasteiger charge is 2.32. The standard InChI is InChI=1S/C24H24F3N3O3/c1-11(15-4-3-5-16(20(15)25)23(26)27)28-24-18-10-19(33-14-8-13(31)9-14)22-17(6-7-32-22)21(18)29-12(2)30-24/h3-5,10-11,13-14,23,31H,6-9H2,1-2H3,(H,28,29,30)/t11-,13?,14?/m1/s1. The van der Waals surface area contributed by atoms with Gasteiger partial charge < -0.3 is 19.9 Å². The van der Waals surface area contributed by atoms with Crippen LogP contribution in [0, 0.1) is 12.7 Å². The first-order chi connectivity index (χ1) is 15.8. The fraction of sp³-hybridized carbons (Fsp3) is 0.417. The molecule has 2 N–H and O–H groups in total. The van der Waals surface area contributed by atoms with Gasteiger partial charge in [-0.15, -0.1) is 0 Å². The third-order valence-corrected chi connectivity index (χ3v) is 6.19. The lowest BCUT2D eigenvalue weighted by Crippen LogP contribution is -2.37. The molecule has 1 atom stereocenters. The summed E-state index contributed by atoms with van der Waals surface area (Å²) in [4.78, 5) is 9.13. The molecule has 5 rings (SSSR count). The van der Waals surface area contributed by atoms with Gasteiger partial charge in [0.05, 0.1) is 29.8 Å². The first-order valence-corrected chi connectivity index (χ1v) is 11.0. The number of nitrogens with zero attached hydrogens (tertiary/aromatic N) is 2. The fourth-order valence-electron chi connectivity index (χ4n) is 4.41. The van der Waals surface area contributed by atoms with E-state index in [1.165, 1.54) is 12.1 Å². The third kappa shape index (κ3) is 3.94. The number of anilines is 1. The Hall–Kier alpha value is -3.07. The Balaban J connectivity index is 1.55. The maximum absolute atomic E-state index is 14.7. The van der Waals surface area contributed by atoms with Crippen LogP contribution in [-0.4, -0.2) is 33.9 Å². The molecule has 0 spiro atoms. The van der Waals surface area contributed by atoms with E-state index in [0.29, 0.717) is 59.9 Å². The van der Waals surface area contributed by atoms with Crippen LogP contribution in [0.5, 0.6) is 11.5 Å². The van der Waals surface area contributed by atoms with E-state index in [2.05, 4.69) is 15.3 Å². The number of hydrogen-bond acceptors (Lipinski definition) is 6. The van der Waals surface area contributed by atoms with Gasteiger partial charge in [0.15, 0.2) is 11.5 Å². The van der Waals surface area contributed by atoms with Crippen molar-refractivity contribution in [3.63, 3.8) is 0 Å². The molecule has 1 aliphatic heterocycles. The number of aliphatic hydroxyl groups is 1. The van der Waals surface area contributed by atoms with Gasteiger partial charge in [-0.25, -0.2) is 23.1 Å². The molecule has 1 aromatic heterocycles. The highest BCUT2D eigenvalue weighted by Crippen LogP contribution is 2.44. The number of rotatable bonds is 6. The summed E-state index contributed by atoms with van der Waals surface area (Å²) in [6.07, 6.45) is -1.58. The lowest BCUT2D eigenvalue weighted by molar-refractivity contribution is -0.0117. The minimum absolute atomic E-state index is 0.0985. The highest BCUT2D eigenvalue weighted by atomic mass is 19.3. The Morgan fingerprint density at radius 3 is 2.70 bits per heavy atom. The van der Waals surface area contributed by atoms with Crippen molar-refractivity contribution in [2.24, 2.45) is 0 Å². The van der Waals surface area contributed by atoms with Crippen LogP contribution in [0.2, 0.25) is 0 Å². The van der Waals surface area contributed by atoms with Crippen molar-refractivity contribution in [3.05, 3.63) is 52.6 Å². The molecule has 2 heterocycles. The number of aromatic nitrogens is 2. The van der Waals surface area contributed by atoms with Gasteiger partial charge in [-0.3, -0.25) is 0 Å². The van der Waals surface area contributed by atoms with E-state index >= 15 is 0 Å². The molecule has 0 saturated heterocycles. The second kappa shape index (κ2) is 8.37. The van der Waals surface area contributed by atoms with E-state index < -0.39 is 23.8 Å². The van der Waals surface area contributed by atoms with Crippen LogP contribution in [0.25, 0.3) is 10.9 Å². The topological polar surface area (TPSA) is 76.5 Å². The molecule has 0 amide bonds. The largest absolute Gasteiger partial charge is 0.489 e. The molecular formula is C24H24F3N3O3. The first kappa shape index (κ1) is 21.8. The minimum atomic E-state index is -2.90. The Bertz CT molecular complexity index is 1210. The third-order valence-electron chi connectivity index (χ3n) is 6.19. The summed E-state index contributed by atoms with van der Waals surface area (Å²) in [5, 5.41) is 13.5. The van der Waals surface area contributed by atoms with E-state index in [9.17, 15) is 18.3 Å². The smallest absolute Gasteiger partial charge is 0.266 e. The predicted octanol–water partition coefficient (Wildman–Crippen LogP) is 5.03. The van der Waals surface area contributed by atoms with Crippen LogP contribution < -0.4 is 14.8 Å². The normalized spacial score (nSPS) is 20.3. The zero-order valence-corrected chi connectivity index (χ0v) is 18.2. The molecule has 3 aromatic rings. The SMILES string of the molecule is Cc1nc(N[C@H](C)c2cccc(C(F)F)c2F)c2cc(OC3CC(O)C3)c3c(c2n1)CCO3. The summed E-state index contributed by atoms with van der Waals surface area (Å²) >= 11 is 0. The van der Waals surface area contributed by atoms with E-state index in [1.54, 1.807) is 19.9 Å². The average Bonchev–Trinajstić information content (AvgIpc) is 3.23. The number of alkyl halides is 2. The van der Waals surface area contributed by atoms with E-state index in [4.69, 9.17) is 9.47 Å². The monoisotopic (exact) mass is 459 g/mol. The number of halogens is 3. The van der Waals surface area contributed by atoms with Crippen molar-refractivity contribution in [2.75, 3.05) is 11.9 Å². The van der Waals surface area contributed by atoms with Crippen molar-refractivity contribution in [1.82, 2.24) is 9.97 Å². The molecule has 0 radical (unpaired) electrons. The van der Waals surface area contributed by atoms with Crippen LogP contribution in [0.4, 0.5) is 19.0 Å². The summed E-state index contributed by atoms with van der Waals surface area (Å²) < 4.78 is 53.0. The van der Waals surface area contributed by atoms with Crippen molar-refractivity contribution >= 4 is 16.7 Å². The predicted molar refractivity (Wildman–Crippen MR) is 117 cm³/mol. The summed E-state index contributed by atoms with van der Waals surface area (Å²) in [6, 6.07) is 5.16. The molecule has 9 heteroatoms. The number of ether oxygens (including phenoxy) is 2. The average molecular weight is 459 g/mol. The van der Waals surface area contributed by atoms with Gasteiger partial charge in [0.2, 0.25) is 0 Å². The molecule has 1 saturated carbocycles. The number of aliphatic hydroxyl groups excluding tert-OH is 1. The van der Waals surface area contributed by atoms with Crippen molar-refractivity contribution < 1.29 is 27.8 Å². The number of nitrogens with one attached hydrogen (secondary N) is 1. The summed E-state index contributed by atoms with van der Waals surface area (Å²) in [7, 11) is 0. The highest BCUT2D eigenvalue weighted by molar-refractivity contribution is 5.95. The zero-order chi connectivity index (χ0) is 23.3.